The molecule has 186 valence electrons. The van der Waals surface area contributed by atoms with Crippen molar-refractivity contribution in [1.29, 1.82) is 0 Å². The van der Waals surface area contributed by atoms with Crippen LogP contribution < -0.4 is 4.74 Å². The summed E-state index contributed by atoms with van der Waals surface area (Å²) >= 11 is 0. The summed E-state index contributed by atoms with van der Waals surface area (Å²) in [4.78, 5) is 15.5. The summed E-state index contributed by atoms with van der Waals surface area (Å²) < 4.78 is 39.0. The number of carbonyl (C=O) groups excluding carboxylic acids is 1. The second-order valence-electron chi connectivity index (χ2n) is 8.56. The molecule has 6 heteroatoms. The zero-order valence-electron chi connectivity index (χ0n) is 20.4. The topological polar surface area (TPSA) is 35.5 Å². The highest BCUT2D eigenvalue weighted by atomic mass is 32.2. The summed E-state index contributed by atoms with van der Waals surface area (Å²) in [7, 11) is -0.494. The first kappa shape index (κ1) is 26.0. The predicted octanol–water partition coefficient (Wildman–Crippen LogP) is 6.81. The molecule has 3 nitrogen and oxygen atoms in total. The lowest BCUT2D eigenvalue weighted by Gasteiger charge is -2.19. The summed E-state index contributed by atoms with van der Waals surface area (Å²) in [5.74, 6) is 3.89. The van der Waals surface area contributed by atoms with E-state index in [4.69, 9.17) is 9.47 Å². The largest absolute Gasteiger partial charge is 0.479 e. The second-order valence-corrected chi connectivity index (χ2v) is 10.6. The fraction of sp³-hybridized carbons (Fsp3) is 0.129. The third kappa shape index (κ3) is 7.22. The lowest BCUT2D eigenvalue weighted by atomic mass is 10.1. The summed E-state index contributed by atoms with van der Waals surface area (Å²) in [6.45, 7) is 2.74. The molecule has 37 heavy (non-hydrogen) atoms. The molecule has 0 aliphatic rings. The van der Waals surface area contributed by atoms with Crippen LogP contribution in [0.5, 0.6) is 5.75 Å². The molecule has 0 spiro atoms. The van der Waals surface area contributed by atoms with Gasteiger partial charge in [-0.05, 0) is 68.4 Å². The third-order valence-electron chi connectivity index (χ3n) is 5.14. The number of ether oxygens (including phenoxy) is 2. The molecule has 0 atom stereocenters. The summed E-state index contributed by atoms with van der Waals surface area (Å²) in [6, 6.07) is 30.4. The van der Waals surface area contributed by atoms with Crippen LogP contribution in [0, 0.1) is 23.5 Å². The van der Waals surface area contributed by atoms with E-state index in [9.17, 15) is 13.6 Å². The quantitative estimate of drug-likeness (QED) is 0.154. The van der Waals surface area contributed by atoms with E-state index in [1.807, 2.05) is 60.7 Å². The van der Waals surface area contributed by atoms with Gasteiger partial charge in [-0.1, -0.05) is 54.3 Å². The smallest absolute Gasteiger partial charge is 0.345 e. The molecule has 0 saturated heterocycles. The predicted molar refractivity (Wildman–Crippen MR) is 140 cm³/mol. The van der Waals surface area contributed by atoms with Gasteiger partial charge in [0.1, 0.15) is 5.82 Å². The maximum atomic E-state index is 14.6. The average molecular weight is 516 g/mol. The molecule has 0 N–H and O–H groups in total. The minimum Gasteiger partial charge on any atom is -0.479 e. The van der Waals surface area contributed by atoms with Crippen molar-refractivity contribution in [3.63, 3.8) is 0 Å². The van der Waals surface area contributed by atoms with Crippen molar-refractivity contribution in [1.82, 2.24) is 0 Å². The van der Waals surface area contributed by atoms with E-state index in [1.165, 1.54) is 18.2 Å². The highest BCUT2D eigenvalue weighted by Crippen LogP contribution is 2.33. The van der Waals surface area contributed by atoms with Crippen LogP contribution >= 0.6 is 0 Å². The molecule has 0 aliphatic heterocycles. The molecular weight excluding hydrogens is 490 g/mol. The number of benzene rings is 4. The molecule has 0 radical (unpaired) electrons. The minimum atomic E-state index is -1.15. The van der Waals surface area contributed by atoms with E-state index in [-0.39, 0.29) is 5.75 Å². The summed E-state index contributed by atoms with van der Waals surface area (Å²) in [5, 5.41) is 0. The molecule has 0 aliphatic carbocycles. The van der Waals surface area contributed by atoms with Crippen molar-refractivity contribution in [2.75, 3.05) is 6.61 Å². The van der Waals surface area contributed by atoms with E-state index in [0.717, 1.165) is 14.7 Å². The lowest BCUT2D eigenvalue weighted by Crippen LogP contribution is -2.29. The van der Waals surface area contributed by atoms with Crippen molar-refractivity contribution in [2.45, 2.75) is 34.1 Å². The normalized spacial score (nSPS) is 10.9. The molecule has 0 saturated carbocycles. The molecule has 4 aromatic carbocycles. The van der Waals surface area contributed by atoms with Gasteiger partial charge in [-0.25, -0.2) is 13.6 Å². The third-order valence-corrected chi connectivity index (χ3v) is 7.36. The number of esters is 1. The van der Waals surface area contributed by atoms with Crippen molar-refractivity contribution < 1.29 is 23.0 Å². The second kappa shape index (κ2) is 11.8. The van der Waals surface area contributed by atoms with Gasteiger partial charge in [0.05, 0.1) is 10.9 Å². The molecule has 0 amide bonds. The Morgan fingerprint density at radius 2 is 1.46 bits per heavy atom. The van der Waals surface area contributed by atoms with E-state index in [2.05, 4.69) is 11.8 Å². The van der Waals surface area contributed by atoms with E-state index in [0.29, 0.717) is 5.56 Å². The van der Waals surface area contributed by atoms with Crippen LogP contribution in [0.25, 0.3) is 0 Å². The van der Waals surface area contributed by atoms with Crippen LogP contribution in [-0.2, 0) is 20.4 Å². The van der Waals surface area contributed by atoms with Gasteiger partial charge in [0, 0.05) is 11.6 Å². The highest BCUT2D eigenvalue weighted by molar-refractivity contribution is 7.97. The van der Waals surface area contributed by atoms with Crippen molar-refractivity contribution in [2.24, 2.45) is 0 Å². The molecule has 0 heterocycles. The maximum Gasteiger partial charge on any atom is 0.345 e. The van der Waals surface area contributed by atoms with Gasteiger partial charge in [-0.3, -0.25) is 0 Å². The Hall–Kier alpha value is -4.08. The van der Waals surface area contributed by atoms with Gasteiger partial charge in [0.15, 0.2) is 38.5 Å². The van der Waals surface area contributed by atoms with Crippen molar-refractivity contribution >= 4 is 16.9 Å². The monoisotopic (exact) mass is 515 g/mol. The number of carbonyl (C=O) groups is 1. The van der Waals surface area contributed by atoms with Gasteiger partial charge in [-0.2, -0.15) is 0 Å². The zero-order chi connectivity index (χ0) is 26.3. The SMILES string of the molecule is CC(C)(C#Cc1cccc(F)c1)OC(=O)COc1cc([S+](c2ccccc2)c2ccccc2)ccc1F. The van der Waals surface area contributed by atoms with E-state index in [1.54, 1.807) is 38.1 Å². The standard InChI is InChI=1S/C31H25F2O3S/c1-31(2,19-18-23-10-9-11-24(32)20-23)36-30(34)22-35-29-21-27(16-17-28(29)33)37(25-12-5-3-6-13-25)26-14-7-4-8-15-26/h3-17,20-21H,22H2,1-2H3/q+1. The fourth-order valence-corrected chi connectivity index (χ4v) is 5.61. The molecule has 4 rings (SSSR count). The number of hydrogen-bond donors (Lipinski definition) is 0. The van der Waals surface area contributed by atoms with Gasteiger partial charge < -0.3 is 9.47 Å². The van der Waals surface area contributed by atoms with Gasteiger partial charge in [-0.15, -0.1) is 0 Å². The molecular formula is C31H25F2O3S+. The highest BCUT2D eigenvalue weighted by Gasteiger charge is 2.30. The average Bonchev–Trinajstić information content (AvgIpc) is 2.89. The molecule has 0 bridgehead atoms. The summed E-state index contributed by atoms with van der Waals surface area (Å²) in [6.07, 6.45) is 0. The number of rotatable bonds is 7. The molecule has 0 fully saturated rings. The molecule has 0 unspecified atom stereocenters. The van der Waals surface area contributed by atoms with Gasteiger partial charge in [0.2, 0.25) is 0 Å². The van der Waals surface area contributed by atoms with Crippen LogP contribution in [0.2, 0.25) is 0 Å². The molecule has 4 aromatic rings. The van der Waals surface area contributed by atoms with Crippen LogP contribution in [0.4, 0.5) is 8.78 Å². The Balaban J connectivity index is 1.49. The van der Waals surface area contributed by atoms with Crippen molar-refractivity contribution in [3.05, 3.63) is 120 Å². The zero-order valence-corrected chi connectivity index (χ0v) is 21.2. The first-order chi connectivity index (χ1) is 17.8. The number of halogens is 2. The number of hydrogen-bond acceptors (Lipinski definition) is 3. The van der Waals surface area contributed by atoms with Gasteiger partial charge >= 0.3 is 5.97 Å². The van der Waals surface area contributed by atoms with Crippen LogP contribution in [0.3, 0.4) is 0 Å². The Bertz CT molecular complexity index is 1390. The summed E-state index contributed by atoms with van der Waals surface area (Å²) in [5.41, 5.74) is -0.688. The lowest BCUT2D eigenvalue weighted by molar-refractivity contribution is -0.154. The van der Waals surface area contributed by atoms with E-state index >= 15 is 0 Å². The van der Waals surface area contributed by atoms with Crippen LogP contribution in [0.15, 0.2) is 118 Å². The Morgan fingerprint density at radius 1 is 0.811 bits per heavy atom. The van der Waals surface area contributed by atoms with Crippen LogP contribution in [0.1, 0.15) is 19.4 Å². The van der Waals surface area contributed by atoms with Gasteiger partial charge in [0.25, 0.3) is 0 Å². The molecule has 0 aromatic heterocycles. The first-order valence-electron chi connectivity index (χ1n) is 11.6. The van der Waals surface area contributed by atoms with Crippen LogP contribution in [-0.4, -0.2) is 18.2 Å². The Kier molecular flexibility index (Phi) is 8.27. The Labute approximate surface area is 218 Å². The Morgan fingerprint density at radius 3 is 2.08 bits per heavy atom. The fourth-order valence-electron chi connectivity index (χ4n) is 3.51. The minimum absolute atomic E-state index is 0.0394. The van der Waals surface area contributed by atoms with E-state index < -0.39 is 40.7 Å². The maximum absolute atomic E-state index is 14.6. The van der Waals surface area contributed by atoms with Crippen molar-refractivity contribution in [3.8, 4) is 17.6 Å². The first-order valence-corrected chi connectivity index (χ1v) is 12.8.